The molecule has 2 rings (SSSR count). The fraction of sp³-hybridized carbons (Fsp3) is 0.143. The van der Waals surface area contributed by atoms with E-state index in [1.54, 1.807) is 24.5 Å². The van der Waals surface area contributed by atoms with Gasteiger partial charge in [0.15, 0.2) is 0 Å². The van der Waals surface area contributed by atoms with Crippen molar-refractivity contribution in [1.82, 2.24) is 10.3 Å². The maximum Gasteiger partial charge on any atom is 0.252 e. The normalized spacial score (nSPS) is 10.3. The summed E-state index contributed by atoms with van der Waals surface area (Å²) in [6, 6.07) is 7.29. The second kappa shape index (κ2) is 6.21. The quantitative estimate of drug-likeness (QED) is 0.844. The van der Waals surface area contributed by atoms with E-state index in [-0.39, 0.29) is 5.91 Å². The second-order valence-electron chi connectivity index (χ2n) is 4.15. The predicted octanol–water partition coefficient (Wildman–Crippen LogP) is 3.37. The van der Waals surface area contributed by atoms with Crippen LogP contribution in [-0.2, 0) is 6.54 Å². The molecule has 0 aliphatic carbocycles. The number of aryl methyl sites for hydroxylation is 1. The molecular weight excluding hydrogens is 324 g/mol. The molecule has 0 unspecified atom stereocenters. The van der Waals surface area contributed by atoms with Crippen molar-refractivity contribution in [3.05, 3.63) is 57.8 Å². The lowest BCUT2D eigenvalue weighted by atomic mass is 10.1. The first-order valence-electron chi connectivity index (χ1n) is 5.74. The molecule has 1 aromatic carbocycles. The molecule has 0 aliphatic rings. The van der Waals surface area contributed by atoms with Crippen LogP contribution in [0.1, 0.15) is 21.5 Å². The first-order chi connectivity index (χ1) is 9.08. The van der Waals surface area contributed by atoms with Gasteiger partial charge in [-0.3, -0.25) is 9.78 Å². The van der Waals surface area contributed by atoms with E-state index >= 15 is 0 Å². The van der Waals surface area contributed by atoms with Gasteiger partial charge in [0.1, 0.15) is 0 Å². The standard InChI is InChI=1S/C14H13BrN2OS/c1-9-4-5-16-7-10(9)8-17-14(18)12-3-2-11(15)6-13(12)19/h2-7,19H,8H2,1H3,(H,17,18). The highest BCUT2D eigenvalue weighted by Crippen LogP contribution is 2.19. The molecule has 1 amide bonds. The van der Waals surface area contributed by atoms with Crippen molar-refractivity contribution >= 4 is 34.5 Å². The van der Waals surface area contributed by atoms with Gasteiger partial charge in [0.2, 0.25) is 0 Å². The van der Waals surface area contributed by atoms with Crippen LogP contribution in [0.5, 0.6) is 0 Å². The molecular formula is C14H13BrN2OS. The minimum absolute atomic E-state index is 0.138. The number of halogens is 1. The molecule has 1 N–H and O–H groups in total. The Labute approximate surface area is 126 Å². The minimum Gasteiger partial charge on any atom is -0.348 e. The highest BCUT2D eigenvalue weighted by molar-refractivity contribution is 9.10. The molecule has 19 heavy (non-hydrogen) atoms. The van der Waals surface area contributed by atoms with Gasteiger partial charge in [0, 0.05) is 28.3 Å². The molecule has 0 spiro atoms. The van der Waals surface area contributed by atoms with Gasteiger partial charge < -0.3 is 5.32 Å². The van der Waals surface area contributed by atoms with Gasteiger partial charge in [-0.05, 0) is 42.3 Å². The summed E-state index contributed by atoms with van der Waals surface area (Å²) >= 11 is 7.65. The average Bonchev–Trinajstić information content (AvgIpc) is 2.37. The van der Waals surface area contributed by atoms with E-state index in [9.17, 15) is 4.79 Å². The molecule has 98 valence electrons. The molecule has 0 fully saturated rings. The number of thiol groups is 1. The number of amides is 1. The van der Waals surface area contributed by atoms with Gasteiger partial charge in [0.05, 0.1) is 5.56 Å². The molecule has 0 atom stereocenters. The molecule has 3 nitrogen and oxygen atoms in total. The highest BCUT2D eigenvalue weighted by Gasteiger charge is 2.09. The number of carbonyl (C=O) groups excluding carboxylic acids is 1. The maximum absolute atomic E-state index is 12.1. The van der Waals surface area contributed by atoms with Gasteiger partial charge >= 0.3 is 0 Å². The van der Waals surface area contributed by atoms with Crippen molar-refractivity contribution in [3.8, 4) is 0 Å². The zero-order valence-corrected chi connectivity index (χ0v) is 12.8. The summed E-state index contributed by atoms with van der Waals surface area (Å²) in [6.45, 7) is 2.45. The summed E-state index contributed by atoms with van der Waals surface area (Å²) in [7, 11) is 0. The SMILES string of the molecule is Cc1ccncc1CNC(=O)c1ccc(Br)cc1S. The lowest BCUT2D eigenvalue weighted by Crippen LogP contribution is -2.23. The van der Waals surface area contributed by atoms with Crippen LogP contribution < -0.4 is 5.32 Å². The fourth-order valence-electron chi connectivity index (χ4n) is 1.65. The topological polar surface area (TPSA) is 42.0 Å². The van der Waals surface area contributed by atoms with Crippen molar-refractivity contribution in [3.63, 3.8) is 0 Å². The monoisotopic (exact) mass is 336 g/mol. The Morgan fingerprint density at radius 2 is 2.21 bits per heavy atom. The molecule has 0 saturated heterocycles. The third-order valence-electron chi connectivity index (χ3n) is 2.79. The first-order valence-corrected chi connectivity index (χ1v) is 6.98. The van der Waals surface area contributed by atoms with Crippen molar-refractivity contribution in [2.45, 2.75) is 18.4 Å². The van der Waals surface area contributed by atoms with Crippen LogP contribution in [0.3, 0.4) is 0 Å². The zero-order valence-electron chi connectivity index (χ0n) is 10.4. The Hall–Kier alpha value is -1.33. The van der Waals surface area contributed by atoms with Crippen LogP contribution in [0.25, 0.3) is 0 Å². The van der Waals surface area contributed by atoms with E-state index in [2.05, 4.69) is 38.9 Å². The van der Waals surface area contributed by atoms with Gasteiger partial charge in [-0.25, -0.2) is 0 Å². The Morgan fingerprint density at radius 3 is 2.89 bits per heavy atom. The molecule has 5 heteroatoms. The molecule has 1 aromatic heterocycles. The summed E-state index contributed by atoms with van der Waals surface area (Å²) in [5, 5.41) is 2.87. The zero-order chi connectivity index (χ0) is 13.8. The van der Waals surface area contributed by atoms with Crippen molar-refractivity contribution in [2.75, 3.05) is 0 Å². The lowest BCUT2D eigenvalue weighted by molar-refractivity contribution is 0.0948. The van der Waals surface area contributed by atoms with Crippen LogP contribution >= 0.6 is 28.6 Å². The Bertz CT molecular complexity index is 616. The number of hydrogen-bond acceptors (Lipinski definition) is 3. The molecule has 2 aromatic rings. The predicted molar refractivity (Wildman–Crippen MR) is 81.5 cm³/mol. The van der Waals surface area contributed by atoms with E-state index in [0.29, 0.717) is 17.0 Å². The minimum atomic E-state index is -0.138. The number of aromatic nitrogens is 1. The summed E-state index contributed by atoms with van der Waals surface area (Å²) in [5.41, 5.74) is 2.68. The smallest absolute Gasteiger partial charge is 0.252 e. The van der Waals surface area contributed by atoms with E-state index in [1.807, 2.05) is 19.1 Å². The number of hydrogen-bond donors (Lipinski definition) is 2. The number of carbonyl (C=O) groups is 1. The molecule has 1 heterocycles. The lowest BCUT2D eigenvalue weighted by Gasteiger charge is -2.09. The number of nitrogens with one attached hydrogen (secondary N) is 1. The van der Waals surface area contributed by atoms with E-state index < -0.39 is 0 Å². The van der Waals surface area contributed by atoms with Gasteiger partial charge in [-0.1, -0.05) is 15.9 Å². The van der Waals surface area contributed by atoms with Crippen molar-refractivity contribution < 1.29 is 4.79 Å². The van der Waals surface area contributed by atoms with E-state index in [0.717, 1.165) is 15.6 Å². The Morgan fingerprint density at radius 1 is 1.42 bits per heavy atom. The molecule has 0 bridgehead atoms. The van der Waals surface area contributed by atoms with Crippen LogP contribution in [0.15, 0.2) is 46.0 Å². The maximum atomic E-state index is 12.1. The Kier molecular flexibility index (Phi) is 4.61. The van der Waals surface area contributed by atoms with Crippen LogP contribution in [0.2, 0.25) is 0 Å². The second-order valence-corrected chi connectivity index (χ2v) is 5.54. The number of rotatable bonds is 3. The summed E-state index contributed by atoms with van der Waals surface area (Å²) in [5.74, 6) is -0.138. The summed E-state index contributed by atoms with van der Waals surface area (Å²) in [6.07, 6.45) is 3.50. The van der Waals surface area contributed by atoms with Crippen molar-refractivity contribution in [1.29, 1.82) is 0 Å². The first kappa shape index (κ1) is 14.1. The average molecular weight is 337 g/mol. The largest absolute Gasteiger partial charge is 0.348 e. The fourth-order valence-corrected chi connectivity index (χ4v) is 2.50. The third kappa shape index (κ3) is 3.58. The Balaban J connectivity index is 2.08. The van der Waals surface area contributed by atoms with E-state index in [4.69, 9.17) is 0 Å². The summed E-state index contributed by atoms with van der Waals surface area (Å²) < 4.78 is 0.900. The number of benzene rings is 1. The van der Waals surface area contributed by atoms with Crippen LogP contribution in [-0.4, -0.2) is 10.9 Å². The number of nitrogens with zero attached hydrogens (tertiary/aromatic N) is 1. The molecule has 0 radical (unpaired) electrons. The molecule has 0 saturated carbocycles. The number of pyridine rings is 1. The van der Waals surface area contributed by atoms with Crippen molar-refractivity contribution in [2.24, 2.45) is 0 Å². The van der Waals surface area contributed by atoms with E-state index in [1.165, 1.54) is 0 Å². The summed E-state index contributed by atoms with van der Waals surface area (Å²) in [4.78, 5) is 16.8. The van der Waals surface area contributed by atoms with Gasteiger partial charge in [-0.2, -0.15) is 0 Å². The van der Waals surface area contributed by atoms with Crippen LogP contribution in [0, 0.1) is 6.92 Å². The van der Waals surface area contributed by atoms with Gasteiger partial charge in [0.25, 0.3) is 5.91 Å². The third-order valence-corrected chi connectivity index (χ3v) is 3.65. The molecule has 0 aliphatic heterocycles. The van der Waals surface area contributed by atoms with Gasteiger partial charge in [-0.15, -0.1) is 12.6 Å². The van der Waals surface area contributed by atoms with Crippen LogP contribution in [0.4, 0.5) is 0 Å². The highest BCUT2D eigenvalue weighted by atomic mass is 79.9.